The van der Waals surface area contributed by atoms with E-state index in [0.29, 0.717) is 0 Å². The van der Waals surface area contributed by atoms with Crippen molar-refractivity contribution in [2.24, 2.45) is 5.73 Å². The van der Waals surface area contributed by atoms with E-state index in [2.05, 4.69) is 0 Å². The molecule has 2 aromatic rings. The molecule has 2 atom stereocenters. The average molecular weight is 362 g/mol. The summed E-state index contributed by atoms with van der Waals surface area (Å²) in [7, 11) is 1.54. The third kappa shape index (κ3) is 4.78. The van der Waals surface area contributed by atoms with Gasteiger partial charge in [-0.25, -0.2) is 8.78 Å². The summed E-state index contributed by atoms with van der Waals surface area (Å²) < 4.78 is 31.7. The molecule has 0 aliphatic heterocycles. The molecule has 0 spiro atoms. The number of nitrogens with two attached hydrogens (primary N) is 1. The quantitative estimate of drug-likeness (QED) is 0.823. The minimum Gasteiger partial charge on any atom is -0.481 e. The molecular weight excluding hydrogens is 342 g/mol. The van der Waals surface area contributed by atoms with E-state index >= 15 is 0 Å². The number of nitrogens with zero attached hydrogens (tertiary/aromatic N) is 1. The lowest BCUT2D eigenvalue weighted by Gasteiger charge is -2.30. The van der Waals surface area contributed by atoms with Crippen molar-refractivity contribution < 1.29 is 23.1 Å². The number of halogens is 2. The minimum atomic E-state index is -1.06. The number of amides is 2. The second kappa shape index (κ2) is 8.42. The number of likely N-dealkylation sites (N-methyl/N-ethyl adjacent to an activating group) is 1. The Morgan fingerprint density at radius 3 is 2.35 bits per heavy atom. The molecule has 5 nitrogen and oxygen atoms in total. The van der Waals surface area contributed by atoms with E-state index in [9.17, 15) is 18.4 Å². The van der Waals surface area contributed by atoms with Crippen molar-refractivity contribution in [2.75, 3.05) is 7.05 Å². The van der Waals surface area contributed by atoms with Crippen LogP contribution in [-0.2, 0) is 9.59 Å². The van der Waals surface area contributed by atoms with Gasteiger partial charge in [0.15, 0.2) is 17.7 Å². The number of carbonyl (C=O) groups is 2. The normalized spacial score (nSPS) is 12.9. The van der Waals surface area contributed by atoms with Crippen LogP contribution >= 0.6 is 0 Å². The summed E-state index contributed by atoms with van der Waals surface area (Å²) in [6.07, 6.45) is -1.02. The van der Waals surface area contributed by atoms with Crippen LogP contribution in [0.2, 0.25) is 0 Å². The molecule has 0 unspecified atom stereocenters. The third-order valence-electron chi connectivity index (χ3n) is 3.95. The number of hydrogen-bond acceptors (Lipinski definition) is 3. The Bertz CT molecular complexity index is 784. The van der Waals surface area contributed by atoms with Crippen LogP contribution in [0.3, 0.4) is 0 Å². The Morgan fingerprint density at radius 2 is 1.77 bits per heavy atom. The zero-order valence-corrected chi connectivity index (χ0v) is 14.5. The molecular formula is C19H20F2N2O3. The summed E-state index contributed by atoms with van der Waals surface area (Å²) in [5.41, 5.74) is 6.07. The number of benzene rings is 2. The van der Waals surface area contributed by atoms with Gasteiger partial charge in [-0.05, 0) is 24.6 Å². The van der Waals surface area contributed by atoms with E-state index in [4.69, 9.17) is 10.5 Å². The predicted molar refractivity (Wildman–Crippen MR) is 92.2 cm³/mol. The van der Waals surface area contributed by atoms with E-state index in [1.807, 2.05) is 6.07 Å². The van der Waals surface area contributed by atoms with Crippen LogP contribution in [0.4, 0.5) is 8.78 Å². The van der Waals surface area contributed by atoms with Gasteiger partial charge in [-0.15, -0.1) is 0 Å². The van der Waals surface area contributed by atoms with Gasteiger partial charge in [0.25, 0.3) is 5.91 Å². The van der Waals surface area contributed by atoms with Gasteiger partial charge in [0.2, 0.25) is 5.91 Å². The smallest absolute Gasteiger partial charge is 0.263 e. The Balaban J connectivity index is 2.16. The summed E-state index contributed by atoms with van der Waals surface area (Å²) in [4.78, 5) is 25.5. The number of carbonyl (C=O) groups excluding carboxylic acids is 2. The molecule has 0 bridgehead atoms. The van der Waals surface area contributed by atoms with Crippen molar-refractivity contribution in [2.45, 2.75) is 25.5 Å². The topological polar surface area (TPSA) is 72.6 Å². The fourth-order valence-corrected chi connectivity index (χ4v) is 2.59. The molecule has 0 saturated heterocycles. The molecule has 0 radical (unpaired) electrons. The lowest BCUT2D eigenvalue weighted by molar-refractivity contribution is -0.139. The van der Waals surface area contributed by atoms with Crippen molar-refractivity contribution in [3.8, 4) is 5.75 Å². The van der Waals surface area contributed by atoms with Gasteiger partial charge < -0.3 is 15.4 Å². The summed E-state index contributed by atoms with van der Waals surface area (Å²) in [5.74, 6) is -3.01. The summed E-state index contributed by atoms with van der Waals surface area (Å²) in [6.45, 7) is 1.49. The highest BCUT2D eigenvalue weighted by molar-refractivity contribution is 5.82. The Morgan fingerprint density at radius 1 is 1.12 bits per heavy atom. The second-order valence-electron chi connectivity index (χ2n) is 5.88. The minimum absolute atomic E-state index is 0.0318. The maximum Gasteiger partial charge on any atom is 0.263 e. The van der Waals surface area contributed by atoms with Crippen molar-refractivity contribution >= 4 is 11.8 Å². The van der Waals surface area contributed by atoms with Crippen LogP contribution in [-0.4, -0.2) is 29.9 Å². The first kappa shape index (κ1) is 19.4. The zero-order valence-electron chi connectivity index (χ0n) is 14.5. The lowest BCUT2D eigenvalue weighted by Crippen LogP contribution is -2.41. The molecule has 0 aliphatic rings. The molecule has 2 N–H and O–H groups in total. The van der Waals surface area contributed by atoms with Crippen molar-refractivity contribution in [3.05, 3.63) is 65.7 Å². The second-order valence-corrected chi connectivity index (χ2v) is 5.88. The summed E-state index contributed by atoms with van der Waals surface area (Å²) in [6, 6.07) is 11.5. The van der Waals surface area contributed by atoms with Crippen LogP contribution in [0.1, 0.15) is 24.9 Å². The summed E-state index contributed by atoms with van der Waals surface area (Å²) >= 11 is 0. The van der Waals surface area contributed by atoms with Crippen LogP contribution in [0.25, 0.3) is 0 Å². The highest BCUT2D eigenvalue weighted by Crippen LogP contribution is 2.24. The molecule has 7 heteroatoms. The maximum atomic E-state index is 13.3. The number of rotatable bonds is 7. The van der Waals surface area contributed by atoms with E-state index in [1.165, 1.54) is 24.9 Å². The molecule has 138 valence electrons. The highest BCUT2D eigenvalue weighted by atomic mass is 19.2. The summed E-state index contributed by atoms with van der Waals surface area (Å²) in [5, 5.41) is 0. The van der Waals surface area contributed by atoms with Crippen molar-refractivity contribution in [3.63, 3.8) is 0 Å². The van der Waals surface area contributed by atoms with E-state index < -0.39 is 35.6 Å². The van der Waals surface area contributed by atoms with Crippen LogP contribution in [0, 0.1) is 11.6 Å². The molecule has 2 aromatic carbocycles. The third-order valence-corrected chi connectivity index (χ3v) is 3.95. The monoisotopic (exact) mass is 362 g/mol. The Kier molecular flexibility index (Phi) is 6.27. The van der Waals surface area contributed by atoms with E-state index in [1.54, 1.807) is 24.3 Å². The van der Waals surface area contributed by atoms with Crippen LogP contribution in [0.15, 0.2) is 48.5 Å². The SMILES string of the molecule is C[C@H](Oc1ccc(F)c(F)c1)C(=O)N(C)[C@@H](CC(N)=O)c1ccccc1. The molecule has 0 saturated carbocycles. The highest BCUT2D eigenvalue weighted by Gasteiger charge is 2.28. The molecule has 2 amide bonds. The van der Waals surface area contributed by atoms with Gasteiger partial charge in [-0.2, -0.15) is 0 Å². The molecule has 0 aromatic heterocycles. The molecule has 0 fully saturated rings. The fraction of sp³-hybridized carbons (Fsp3) is 0.263. The van der Waals surface area contributed by atoms with Gasteiger partial charge in [-0.3, -0.25) is 9.59 Å². The molecule has 26 heavy (non-hydrogen) atoms. The largest absolute Gasteiger partial charge is 0.481 e. The van der Waals surface area contributed by atoms with Gasteiger partial charge in [0.1, 0.15) is 5.75 Å². The maximum absolute atomic E-state index is 13.3. The van der Waals surface area contributed by atoms with Gasteiger partial charge >= 0.3 is 0 Å². The van der Waals surface area contributed by atoms with Crippen molar-refractivity contribution in [1.29, 1.82) is 0 Å². The van der Waals surface area contributed by atoms with Gasteiger partial charge in [0.05, 0.1) is 12.5 Å². The molecule has 0 heterocycles. The van der Waals surface area contributed by atoms with E-state index in [-0.39, 0.29) is 12.2 Å². The Labute approximate surface area is 150 Å². The predicted octanol–water partition coefficient (Wildman–Crippen LogP) is 2.81. The Hall–Kier alpha value is -2.96. The van der Waals surface area contributed by atoms with Crippen LogP contribution in [0.5, 0.6) is 5.75 Å². The average Bonchev–Trinajstić information content (AvgIpc) is 2.62. The van der Waals surface area contributed by atoms with Crippen LogP contribution < -0.4 is 10.5 Å². The number of hydrogen-bond donors (Lipinski definition) is 1. The first-order valence-electron chi connectivity index (χ1n) is 8.01. The molecule has 2 rings (SSSR count). The van der Waals surface area contributed by atoms with Gasteiger partial charge in [-0.1, -0.05) is 30.3 Å². The zero-order chi connectivity index (χ0) is 19.3. The first-order chi connectivity index (χ1) is 12.3. The number of ether oxygens (including phenoxy) is 1. The fourth-order valence-electron chi connectivity index (χ4n) is 2.59. The van der Waals surface area contributed by atoms with Gasteiger partial charge in [0, 0.05) is 13.1 Å². The first-order valence-corrected chi connectivity index (χ1v) is 8.01. The number of primary amides is 1. The molecule has 0 aliphatic carbocycles. The standard InChI is InChI=1S/C19H20F2N2O3/c1-12(26-14-8-9-15(20)16(21)10-14)19(25)23(2)17(11-18(22)24)13-6-4-3-5-7-13/h3-10,12,17H,11H2,1-2H3,(H2,22,24)/t12-,17-/m0/s1. The lowest BCUT2D eigenvalue weighted by atomic mass is 10.0. The van der Waals surface area contributed by atoms with Crippen molar-refractivity contribution in [1.82, 2.24) is 4.90 Å². The van der Waals surface area contributed by atoms with E-state index in [0.717, 1.165) is 17.7 Å².